The van der Waals surface area contributed by atoms with Crippen molar-refractivity contribution >= 4 is 40.8 Å². The molecule has 3 rings (SSSR count). The van der Waals surface area contributed by atoms with Crippen LogP contribution in [0.25, 0.3) is 0 Å². The van der Waals surface area contributed by atoms with E-state index >= 15 is 0 Å². The zero-order chi connectivity index (χ0) is 25.8. The third-order valence-electron chi connectivity index (χ3n) is 6.85. The number of carbonyl (C=O) groups is 2. The van der Waals surface area contributed by atoms with Gasteiger partial charge in [-0.05, 0) is 68.8 Å². The van der Waals surface area contributed by atoms with E-state index in [0.717, 1.165) is 69.3 Å². The van der Waals surface area contributed by atoms with Crippen molar-refractivity contribution < 1.29 is 14.3 Å². The molecule has 1 fully saturated rings. The minimum Gasteiger partial charge on any atom is -0.457 e. The molecule has 0 unspecified atom stereocenters. The molecule has 1 heterocycles. The number of carbonyl (C=O) groups excluding carboxylic acids is 2. The van der Waals surface area contributed by atoms with Crippen molar-refractivity contribution in [2.24, 2.45) is 0 Å². The molecular formula is C28H39Cl2N3O3. The van der Waals surface area contributed by atoms with Gasteiger partial charge < -0.3 is 19.9 Å². The quantitative estimate of drug-likeness (QED) is 0.271. The molecular weight excluding hydrogens is 497 g/mol. The highest BCUT2D eigenvalue weighted by molar-refractivity contribution is 6.18. The average molecular weight is 537 g/mol. The molecule has 2 aliphatic rings. The Bertz CT molecular complexity index is 905. The van der Waals surface area contributed by atoms with Crippen molar-refractivity contribution in [3.63, 3.8) is 0 Å². The lowest BCUT2D eigenvalue weighted by atomic mass is 9.84. The van der Waals surface area contributed by atoms with E-state index in [9.17, 15) is 9.59 Å². The standard InChI is InChI=1S/C28H39Cl2N3O3/c1-32-18-6-8-24(21-32)27(35)31-22-28(14-3-2-4-15-28)36-26(34)9-5-7-23-10-12-25(13-11-23)33(19-16-29)20-17-30/h6,10-13,18,21H,2-5,7-9,14-17,19-20,22H2,1H3,(H,31,35). The Kier molecular flexibility index (Phi) is 11.5. The minimum atomic E-state index is -0.599. The van der Waals surface area contributed by atoms with Crippen LogP contribution in [0, 0.1) is 0 Å². The van der Waals surface area contributed by atoms with Crippen LogP contribution in [0.2, 0.25) is 0 Å². The summed E-state index contributed by atoms with van der Waals surface area (Å²) in [6.45, 7) is 1.88. The second kappa shape index (κ2) is 14.5. The predicted molar refractivity (Wildman–Crippen MR) is 148 cm³/mol. The number of nitrogens with zero attached hydrogens (tertiary/aromatic N) is 2. The van der Waals surface area contributed by atoms with Gasteiger partial charge in [0.15, 0.2) is 0 Å². The molecule has 6 nitrogen and oxygen atoms in total. The van der Waals surface area contributed by atoms with E-state index in [1.807, 2.05) is 30.4 Å². The molecule has 0 spiro atoms. The molecule has 1 N–H and O–H groups in total. The first kappa shape index (κ1) is 28.4. The van der Waals surface area contributed by atoms with Crippen LogP contribution >= 0.6 is 23.2 Å². The molecule has 1 saturated carbocycles. The Morgan fingerprint density at radius 3 is 2.42 bits per heavy atom. The van der Waals surface area contributed by atoms with Gasteiger partial charge in [-0.1, -0.05) is 24.6 Å². The predicted octanol–water partition coefficient (Wildman–Crippen LogP) is 5.39. The Hall–Kier alpha value is -2.18. The highest BCUT2D eigenvalue weighted by Gasteiger charge is 2.36. The van der Waals surface area contributed by atoms with Crippen LogP contribution in [0.3, 0.4) is 0 Å². The first-order chi connectivity index (χ1) is 17.4. The Balaban J connectivity index is 1.48. The number of nitrogens with one attached hydrogen (secondary N) is 1. The zero-order valence-electron chi connectivity index (χ0n) is 21.3. The Labute approximate surface area is 225 Å². The molecule has 1 aromatic rings. The second-order valence-electron chi connectivity index (χ2n) is 9.69. The normalized spacial score (nSPS) is 16.9. The Morgan fingerprint density at radius 2 is 1.78 bits per heavy atom. The number of hydrogen-bond donors (Lipinski definition) is 1. The lowest BCUT2D eigenvalue weighted by molar-refractivity contribution is -0.163. The number of halogens is 2. The molecule has 1 aliphatic carbocycles. The largest absolute Gasteiger partial charge is 0.457 e. The maximum atomic E-state index is 12.8. The SMILES string of the molecule is CN1C=CCC(C(=O)NCC2(OC(=O)CCCc3ccc(N(CCCl)CCCl)cc3)CCCCC2)=C1. The number of benzene rings is 1. The highest BCUT2D eigenvalue weighted by atomic mass is 35.5. The summed E-state index contributed by atoms with van der Waals surface area (Å²) in [5.41, 5.74) is 2.41. The van der Waals surface area contributed by atoms with Crippen LogP contribution in [0.4, 0.5) is 5.69 Å². The smallest absolute Gasteiger partial charge is 0.306 e. The van der Waals surface area contributed by atoms with Crippen molar-refractivity contribution in [3.05, 3.63) is 53.9 Å². The zero-order valence-corrected chi connectivity index (χ0v) is 22.8. The van der Waals surface area contributed by atoms with Crippen molar-refractivity contribution in [3.8, 4) is 0 Å². The van der Waals surface area contributed by atoms with Gasteiger partial charge in [-0.2, -0.15) is 0 Å². The van der Waals surface area contributed by atoms with Gasteiger partial charge in [-0.15, -0.1) is 23.2 Å². The third kappa shape index (κ3) is 8.74. The fourth-order valence-electron chi connectivity index (χ4n) is 4.88. The molecule has 198 valence electrons. The van der Waals surface area contributed by atoms with Crippen molar-refractivity contribution in [1.82, 2.24) is 10.2 Å². The van der Waals surface area contributed by atoms with Gasteiger partial charge in [0.1, 0.15) is 5.60 Å². The molecule has 1 amide bonds. The van der Waals surface area contributed by atoms with E-state index in [1.165, 1.54) is 5.56 Å². The van der Waals surface area contributed by atoms with Gasteiger partial charge in [0.25, 0.3) is 0 Å². The molecule has 1 aromatic carbocycles. The molecule has 36 heavy (non-hydrogen) atoms. The van der Waals surface area contributed by atoms with Gasteiger partial charge in [0, 0.05) is 55.8 Å². The number of aryl methyl sites for hydroxylation is 1. The number of hydrogen-bond acceptors (Lipinski definition) is 5. The monoisotopic (exact) mass is 535 g/mol. The van der Waals surface area contributed by atoms with Crippen LogP contribution in [0.15, 0.2) is 48.3 Å². The summed E-state index contributed by atoms with van der Waals surface area (Å²) >= 11 is 11.8. The summed E-state index contributed by atoms with van der Waals surface area (Å²) in [4.78, 5) is 29.5. The molecule has 0 radical (unpaired) electrons. The van der Waals surface area contributed by atoms with Crippen molar-refractivity contribution in [1.29, 1.82) is 0 Å². The van der Waals surface area contributed by atoms with Gasteiger partial charge in [-0.25, -0.2) is 0 Å². The fraction of sp³-hybridized carbons (Fsp3) is 0.571. The van der Waals surface area contributed by atoms with Crippen LogP contribution in [-0.2, 0) is 20.7 Å². The summed E-state index contributed by atoms with van der Waals surface area (Å²) < 4.78 is 6.05. The number of esters is 1. The first-order valence-corrected chi connectivity index (χ1v) is 14.1. The topological polar surface area (TPSA) is 61.9 Å². The summed E-state index contributed by atoms with van der Waals surface area (Å²) in [5, 5.41) is 3.04. The highest BCUT2D eigenvalue weighted by Crippen LogP contribution is 2.32. The van der Waals surface area contributed by atoms with Crippen LogP contribution in [0.1, 0.15) is 56.9 Å². The number of anilines is 1. The van der Waals surface area contributed by atoms with E-state index in [4.69, 9.17) is 27.9 Å². The van der Waals surface area contributed by atoms with Gasteiger partial charge >= 0.3 is 5.97 Å². The molecule has 1 aliphatic heterocycles. The van der Waals surface area contributed by atoms with E-state index in [-0.39, 0.29) is 11.9 Å². The van der Waals surface area contributed by atoms with Crippen LogP contribution in [-0.4, -0.2) is 60.8 Å². The summed E-state index contributed by atoms with van der Waals surface area (Å²) in [6, 6.07) is 8.37. The van der Waals surface area contributed by atoms with E-state index in [0.29, 0.717) is 31.1 Å². The summed E-state index contributed by atoms with van der Waals surface area (Å²) in [5.74, 6) is 0.834. The number of ether oxygens (including phenoxy) is 1. The minimum absolute atomic E-state index is 0.0914. The molecule has 0 aromatic heterocycles. The maximum Gasteiger partial charge on any atom is 0.306 e. The lowest BCUT2D eigenvalue weighted by Crippen LogP contribution is -2.48. The molecule has 8 heteroatoms. The van der Waals surface area contributed by atoms with Crippen molar-refractivity contribution in [2.45, 2.75) is 63.4 Å². The van der Waals surface area contributed by atoms with Crippen LogP contribution in [0.5, 0.6) is 0 Å². The number of allylic oxidation sites excluding steroid dienone is 1. The van der Waals surface area contributed by atoms with E-state index in [2.05, 4.69) is 34.5 Å². The van der Waals surface area contributed by atoms with Gasteiger partial charge in [0.2, 0.25) is 5.91 Å². The first-order valence-electron chi connectivity index (χ1n) is 13.0. The van der Waals surface area contributed by atoms with E-state index in [1.54, 1.807) is 0 Å². The molecule has 0 saturated heterocycles. The number of alkyl halides is 2. The molecule has 0 atom stereocenters. The van der Waals surface area contributed by atoms with Gasteiger partial charge in [0.05, 0.1) is 6.54 Å². The van der Waals surface area contributed by atoms with Crippen LogP contribution < -0.4 is 10.2 Å². The van der Waals surface area contributed by atoms with E-state index < -0.39 is 5.60 Å². The summed E-state index contributed by atoms with van der Waals surface area (Å²) in [6.07, 6.45) is 13.0. The Morgan fingerprint density at radius 1 is 1.08 bits per heavy atom. The van der Waals surface area contributed by atoms with Gasteiger partial charge in [-0.3, -0.25) is 9.59 Å². The maximum absolute atomic E-state index is 12.8. The second-order valence-corrected chi connectivity index (χ2v) is 10.5. The number of amides is 1. The summed E-state index contributed by atoms with van der Waals surface area (Å²) in [7, 11) is 1.90. The average Bonchev–Trinajstić information content (AvgIpc) is 2.88. The lowest BCUT2D eigenvalue weighted by Gasteiger charge is -2.37. The fourth-order valence-corrected chi connectivity index (χ4v) is 5.29. The number of rotatable bonds is 13. The third-order valence-corrected chi connectivity index (χ3v) is 7.19. The van der Waals surface area contributed by atoms with Crippen molar-refractivity contribution in [2.75, 3.05) is 43.3 Å². The molecule has 0 bridgehead atoms.